The summed E-state index contributed by atoms with van der Waals surface area (Å²) in [7, 11) is 0. The molecule has 9 heteroatoms. The molecule has 2 atom stereocenters. The molecule has 0 saturated carbocycles. The van der Waals surface area contributed by atoms with Gasteiger partial charge in [0.05, 0.1) is 5.56 Å². The molecule has 0 amide bonds. The fourth-order valence-corrected chi connectivity index (χ4v) is 4.90. The second-order valence-electron chi connectivity index (χ2n) is 8.79. The molecule has 0 spiro atoms. The zero-order valence-electron chi connectivity index (χ0n) is 18.9. The Morgan fingerprint density at radius 1 is 1.06 bits per heavy atom. The van der Waals surface area contributed by atoms with Crippen molar-refractivity contribution in [2.24, 2.45) is 0 Å². The first-order chi connectivity index (χ1) is 15.8. The van der Waals surface area contributed by atoms with E-state index < -0.39 is 11.7 Å². The van der Waals surface area contributed by atoms with Crippen molar-refractivity contribution in [2.45, 2.75) is 38.1 Å². The molecular weight excluding hydrogens is 434 g/mol. The van der Waals surface area contributed by atoms with Gasteiger partial charge in [-0.25, -0.2) is 9.37 Å². The first-order valence-electron chi connectivity index (χ1n) is 11.6. The standard InChI is InChI=1S/C24H31F4N5/c1-2-22(32-13-11-31(12-14-32)16-18-5-3-4-6-20(18)25)21-17-33(10-9-29-21)23-8-7-19(15-30-23)24(26,27)28/h3-8,15,21-22,29H,2,9-14,16-17H2,1H3. The summed E-state index contributed by atoms with van der Waals surface area (Å²) in [6, 6.07) is 10.0. The van der Waals surface area contributed by atoms with Crippen LogP contribution in [0.25, 0.3) is 0 Å². The number of piperazine rings is 2. The van der Waals surface area contributed by atoms with Crippen LogP contribution < -0.4 is 10.2 Å². The Morgan fingerprint density at radius 3 is 2.45 bits per heavy atom. The molecular formula is C24H31F4N5. The van der Waals surface area contributed by atoms with Gasteiger partial charge in [-0.1, -0.05) is 25.1 Å². The van der Waals surface area contributed by atoms with Gasteiger partial charge in [-0.15, -0.1) is 0 Å². The molecule has 2 aliphatic heterocycles. The predicted molar refractivity (Wildman–Crippen MR) is 121 cm³/mol. The van der Waals surface area contributed by atoms with E-state index in [1.54, 1.807) is 6.07 Å². The highest BCUT2D eigenvalue weighted by molar-refractivity contribution is 5.41. The minimum Gasteiger partial charge on any atom is -0.354 e. The number of benzene rings is 1. The van der Waals surface area contributed by atoms with Crippen molar-refractivity contribution in [2.75, 3.05) is 50.7 Å². The van der Waals surface area contributed by atoms with Crippen LogP contribution in [0.5, 0.6) is 0 Å². The third-order valence-corrected chi connectivity index (χ3v) is 6.71. The smallest absolute Gasteiger partial charge is 0.354 e. The van der Waals surface area contributed by atoms with Crippen LogP contribution >= 0.6 is 0 Å². The molecule has 0 bridgehead atoms. The van der Waals surface area contributed by atoms with E-state index in [0.29, 0.717) is 31.5 Å². The number of hydrogen-bond donors (Lipinski definition) is 1. The molecule has 4 rings (SSSR count). The second-order valence-corrected chi connectivity index (χ2v) is 8.79. The maximum Gasteiger partial charge on any atom is 0.417 e. The molecule has 0 radical (unpaired) electrons. The molecule has 1 N–H and O–H groups in total. The van der Waals surface area contributed by atoms with Gasteiger partial charge in [0.15, 0.2) is 0 Å². The van der Waals surface area contributed by atoms with E-state index in [4.69, 9.17) is 0 Å². The number of nitrogens with zero attached hydrogens (tertiary/aromatic N) is 4. The van der Waals surface area contributed by atoms with Crippen LogP contribution in [0.15, 0.2) is 42.6 Å². The Kier molecular flexibility index (Phi) is 7.51. The zero-order valence-corrected chi connectivity index (χ0v) is 18.9. The highest BCUT2D eigenvalue weighted by Gasteiger charge is 2.33. The molecule has 2 aliphatic rings. The van der Waals surface area contributed by atoms with E-state index >= 15 is 0 Å². The minimum absolute atomic E-state index is 0.158. The average Bonchev–Trinajstić information content (AvgIpc) is 2.82. The maximum absolute atomic E-state index is 14.0. The van der Waals surface area contributed by atoms with Crippen molar-refractivity contribution in [1.82, 2.24) is 20.1 Å². The van der Waals surface area contributed by atoms with Crippen molar-refractivity contribution in [3.63, 3.8) is 0 Å². The summed E-state index contributed by atoms with van der Waals surface area (Å²) in [4.78, 5) is 10.9. The summed E-state index contributed by atoms with van der Waals surface area (Å²) in [6.07, 6.45) is -2.49. The summed E-state index contributed by atoms with van der Waals surface area (Å²) in [5, 5.41) is 3.61. The van der Waals surface area contributed by atoms with Gasteiger partial charge in [-0.05, 0) is 24.6 Å². The summed E-state index contributed by atoms with van der Waals surface area (Å²) in [6.45, 7) is 8.53. The Bertz CT molecular complexity index is 896. The Morgan fingerprint density at radius 2 is 1.82 bits per heavy atom. The van der Waals surface area contributed by atoms with Crippen LogP contribution in [0.1, 0.15) is 24.5 Å². The first kappa shape index (κ1) is 23.9. The number of rotatable bonds is 6. The molecule has 1 aromatic heterocycles. The summed E-state index contributed by atoms with van der Waals surface area (Å²) < 4.78 is 52.6. The van der Waals surface area contributed by atoms with Gasteiger partial charge in [-0.2, -0.15) is 13.2 Å². The van der Waals surface area contributed by atoms with E-state index in [0.717, 1.165) is 57.0 Å². The minimum atomic E-state index is -4.38. The Labute approximate surface area is 192 Å². The van der Waals surface area contributed by atoms with Crippen LogP contribution in [0.4, 0.5) is 23.4 Å². The molecule has 2 saturated heterocycles. The molecule has 180 valence electrons. The van der Waals surface area contributed by atoms with Gasteiger partial charge >= 0.3 is 6.18 Å². The van der Waals surface area contributed by atoms with Crippen molar-refractivity contribution in [3.8, 4) is 0 Å². The SMILES string of the molecule is CCC(C1CN(c2ccc(C(F)(F)F)cn2)CCN1)N1CCN(Cc2ccccc2F)CC1. The van der Waals surface area contributed by atoms with Crippen LogP contribution in [0.2, 0.25) is 0 Å². The molecule has 2 fully saturated rings. The second kappa shape index (κ2) is 10.4. The third kappa shape index (κ3) is 5.83. The number of pyridine rings is 1. The largest absolute Gasteiger partial charge is 0.417 e. The number of halogens is 4. The topological polar surface area (TPSA) is 34.6 Å². The fraction of sp³-hybridized carbons (Fsp3) is 0.542. The zero-order chi connectivity index (χ0) is 23.4. The van der Waals surface area contributed by atoms with Crippen LogP contribution in [0, 0.1) is 5.82 Å². The van der Waals surface area contributed by atoms with E-state index in [-0.39, 0.29) is 11.9 Å². The van der Waals surface area contributed by atoms with E-state index in [2.05, 4.69) is 31.9 Å². The van der Waals surface area contributed by atoms with Gasteiger partial charge in [0.1, 0.15) is 11.6 Å². The lowest BCUT2D eigenvalue weighted by molar-refractivity contribution is -0.137. The number of nitrogens with one attached hydrogen (secondary N) is 1. The molecule has 0 aliphatic carbocycles. The van der Waals surface area contributed by atoms with Crippen molar-refractivity contribution in [3.05, 3.63) is 59.5 Å². The summed E-state index contributed by atoms with van der Waals surface area (Å²) in [5.74, 6) is 0.425. The average molecular weight is 466 g/mol. The number of hydrogen-bond acceptors (Lipinski definition) is 5. The van der Waals surface area contributed by atoms with Gasteiger partial charge in [-0.3, -0.25) is 9.80 Å². The quantitative estimate of drug-likeness (QED) is 0.660. The van der Waals surface area contributed by atoms with Crippen LogP contribution in [-0.4, -0.2) is 72.7 Å². The first-order valence-corrected chi connectivity index (χ1v) is 11.6. The highest BCUT2D eigenvalue weighted by atomic mass is 19.4. The molecule has 2 aromatic rings. The van der Waals surface area contributed by atoms with Gasteiger partial charge in [0, 0.05) is 76.2 Å². The number of anilines is 1. The molecule has 3 heterocycles. The van der Waals surface area contributed by atoms with Crippen LogP contribution in [0.3, 0.4) is 0 Å². The van der Waals surface area contributed by atoms with E-state index in [9.17, 15) is 17.6 Å². The lowest BCUT2D eigenvalue weighted by atomic mass is 10.00. The summed E-state index contributed by atoms with van der Waals surface area (Å²) in [5.41, 5.74) is 0.00393. The maximum atomic E-state index is 14.0. The van der Waals surface area contributed by atoms with E-state index in [1.807, 2.05) is 12.1 Å². The number of alkyl halides is 3. The molecule has 1 aromatic carbocycles. The monoisotopic (exact) mass is 465 g/mol. The van der Waals surface area contributed by atoms with Crippen molar-refractivity contribution < 1.29 is 17.6 Å². The molecule has 33 heavy (non-hydrogen) atoms. The Balaban J connectivity index is 1.34. The predicted octanol–water partition coefficient (Wildman–Crippen LogP) is 3.61. The van der Waals surface area contributed by atoms with Crippen molar-refractivity contribution in [1.29, 1.82) is 0 Å². The lowest BCUT2D eigenvalue weighted by Gasteiger charge is -2.45. The Hall–Kier alpha value is -2.23. The molecule has 2 unspecified atom stereocenters. The molecule has 5 nitrogen and oxygen atoms in total. The van der Waals surface area contributed by atoms with Crippen molar-refractivity contribution >= 4 is 5.82 Å². The van der Waals surface area contributed by atoms with Crippen LogP contribution in [-0.2, 0) is 12.7 Å². The summed E-state index contributed by atoms with van der Waals surface area (Å²) >= 11 is 0. The lowest BCUT2D eigenvalue weighted by Crippen LogP contribution is -2.62. The van der Waals surface area contributed by atoms with Gasteiger partial charge in [0.25, 0.3) is 0 Å². The third-order valence-electron chi connectivity index (χ3n) is 6.71. The normalized spacial score (nSPS) is 21.8. The van der Waals surface area contributed by atoms with Gasteiger partial charge < -0.3 is 10.2 Å². The number of aromatic nitrogens is 1. The van der Waals surface area contributed by atoms with E-state index in [1.165, 1.54) is 12.1 Å². The highest BCUT2D eigenvalue weighted by Crippen LogP contribution is 2.29. The van der Waals surface area contributed by atoms with Gasteiger partial charge in [0.2, 0.25) is 0 Å². The fourth-order valence-electron chi connectivity index (χ4n) is 4.90.